The summed E-state index contributed by atoms with van der Waals surface area (Å²) < 4.78 is 2.00. The Kier molecular flexibility index (Phi) is 3.56. The summed E-state index contributed by atoms with van der Waals surface area (Å²) in [6.07, 6.45) is 1.81. The maximum absolute atomic E-state index is 4.68. The second-order valence-electron chi connectivity index (χ2n) is 5.26. The monoisotopic (exact) mass is 281 g/mol. The maximum atomic E-state index is 4.68. The number of imidazole rings is 1. The molecule has 0 radical (unpaired) electrons. The third kappa shape index (κ3) is 2.59. The lowest BCUT2D eigenvalue weighted by Gasteiger charge is -2.11. The SMILES string of the molecule is CCNc1cc(-n2cnc3ccccc32)nc(C(C)C)n1. The van der Waals surface area contributed by atoms with E-state index in [0.717, 1.165) is 35.0 Å². The van der Waals surface area contributed by atoms with Crippen molar-refractivity contribution >= 4 is 16.9 Å². The van der Waals surface area contributed by atoms with Gasteiger partial charge in [-0.25, -0.2) is 15.0 Å². The second kappa shape index (κ2) is 5.52. The average molecular weight is 281 g/mol. The molecule has 0 fully saturated rings. The Hall–Kier alpha value is -2.43. The Morgan fingerprint density at radius 1 is 1.19 bits per heavy atom. The van der Waals surface area contributed by atoms with E-state index in [1.54, 1.807) is 0 Å². The largest absolute Gasteiger partial charge is 0.370 e. The van der Waals surface area contributed by atoms with Crippen LogP contribution < -0.4 is 5.32 Å². The molecule has 0 aliphatic rings. The highest BCUT2D eigenvalue weighted by Crippen LogP contribution is 2.20. The Morgan fingerprint density at radius 3 is 2.76 bits per heavy atom. The fraction of sp³-hybridized carbons (Fsp3) is 0.312. The van der Waals surface area contributed by atoms with Crippen LogP contribution in [-0.2, 0) is 0 Å². The van der Waals surface area contributed by atoms with Crippen LogP contribution in [0.3, 0.4) is 0 Å². The number of fused-ring (bicyclic) bond motifs is 1. The van der Waals surface area contributed by atoms with E-state index in [4.69, 9.17) is 0 Å². The van der Waals surface area contributed by atoms with Gasteiger partial charge < -0.3 is 5.32 Å². The number of rotatable bonds is 4. The van der Waals surface area contributed by atoms with Gasteiger partial charge in [0.2, 0.25) is 0 Å². The van der Waals surface area contributed by atoms with Crippen molar-refractivity contribution < 1.29 is 0 Å². The molecule has 0 aliphatic heterocycles. The molecule has 0 aliphatic carbocycles. The van der Waals surface area contributed by atoms with Crippen molar-refractivity contribution in [3.63, 3.8) is 0 Å². The molecule has 0 saturated carbocycles. The molecule has 5 heteroatoms. The molecule has 3 rings (SSSR count). The second-order valence-corrected chi connectivity index (χ2v) is 5.26. The highest BCUT2D eigenvalue weighted by Gasteiger charge is 2.11. The first-order chi connectivity index (χ1) is 10.2. The van der Waals surface area contributed by atoms with E-state index < -0.39 is 0 Å². The van der Waals surface area contributed by atoms with Gasteiger partial charge in [-0.3, -0.25) is 4.57 Å². The van der Waals surface area contributed by atoms with E-state index in [1.807, 2.05) is 41.2 Å². The van der Waals surface area contributed by atoms with E-state index >= 15 is 0 Å². The molecule has 0 spiro atoms. The molecular weight excluding hydrogens is 262 g/mol. The van der Waals surface area contributed by atoms with Crippen LogP contribution in [0.2, 0.25) is 0 Å². The molecule has 0 unspecified atom stereocenters. The van der Waals surface area contributed by atoms with Crippen LogP contribution in [0.25, 0.3) is 16.9 Å². The van der Waals surface area contributed by atoms with Crippen molar-refractivity contribution in [2.75, 3.05) is 11.9 Å². The molecule has 1 aromatic carbocycles. The Labute approximate surface area is 124 Å². The predicted molar refractivity (Wildman–Crippen MR) is 84.9 cm³/mol. The van der Waals surface area contributed by atoms with Crippen molar-refractivity contribution in [1.29, 1.82) is 0 Å². The minimum Gasteiger partial charge on any atom is -0.370 e. The lowest BCUT2D eigenvalue weighted by Crippen LogP contribution is -2.08. The quantitative estimate of drug-likeness (QED) is 0.796. The Balaban J connectivity index is 2.16. The molecule has 21 heavy (non-hydrogen) atoms. The first kappa shape index (κ1) is 13.5. The van der Waals surface area contributed by atoms with Gasteiger partial charge in [0.25, 0.3) is 0 Å². The van der Waals surface area contributed by atoms with Crippen LogP contribution >= 0.6 is 0 Å². The van der Waals surface area contributed by atoms with Gasteiger partial charge in [-0.15, -0.1) is 0 Å². The fourth-order valence-electron chi connectivity index (χ4n) is 2.25. The summed E-state index contributed by atoms with van der Waals surface area (Å²) in [5, 5.41) is 3.27. The van der Waals surface area contributed by atoms with Gasteiger partial charge >= 0.3 is 0 Å². The van der Waals surface area contributed by atoms with Gasteiger partial charge in [0.05, 0.1) is 11.0 Å². The number of para-hydroxylation sites is 2. The summed E-state index contributed by atoms with van der Waals surface area (Å²) in [7, 11) is 0. The van der Waals surface area contributed by atoms with Gasteiger partial charge in [0, 0.05) is 18.5 Å². The van der Waals surface area contributed by atoms with Crippen molar-refractivity contribution in [2.45, 2.75) is 26.7 Å². The number of hydrogen-bond acceptors (Lipinski definition) is 4. The zero-order valence-corrected chi connectivity index (χ0v) is 12.5. The molecule has 1 N–H and O–H groups in total. The molecule has 0 atom stereocenters. The smallest absolute Gasteiger partial charge is 0.144 e. The number of nitrogens with one attached hydrogen (secondary N) is 1. The van der Waals surface area contributed by atoms with Gasteiger partial charge in [-0.05, 0) is 19.1 Å². The number of benzene rings is 1. The summed E-state index contributed by atoms with van der Waals surface area (Å²) >= 11 is 0. The summed E-state index contributed by atoms with van der Waals surface area (Å²) in [5.74, 6) is 2.81. The van der Waals surface area contributed by atoms with Crippen LogP contribution in [0.5, 0.6) is 0 Å². The lowest BCUT2D eigenvalue weighted by molar-refractivity contribution is 0.765. The highest BCUT2D eigenvalue weighted by molar-refractivity contribution is 5.76. The number of aromatic nitrogens is 4. The van der Waals surface area contributed by atoms with E-state index in [-0.39, 0.29) is 5.92 Å². The third-order valence-electron chi connectivity index (χ3n) is 3.30. The third-order valence-corrected chi connectivity index (χ3v) is 3.30. The first-order valence-electron chi connectivity index (χ1n) is 7.24. The van der Waals surface area contributed by atoms with E-state index in [2.05, 4.69) is 41.0 Å². The molecule has 5 nitrogen and oxygen atoms in total. The van der Waals surface area contributed by atoms with E-state index in [0.29, 0.717) is 0 Å². The van der Waals surface area contributed by atoms with Crippen LogP contribution in [-0.4, -0.2) is 26.1 Å². The predicted octanol–water partition coefficient (Wildman–Crippen LogP) is 3.37. The van der Waals surface area contributed by atoms with E-state index in [9.17, 15) is 0 Å². The molecule has 0 bridgehead atoms. The fourth-order valence-corrected chi connectivity index (χ4v) is 2.25. The van der Waals surface area contributed by atoms with Crippen molar-refractivity contribution in [3.05, 3.63) is 42.5 Å². The molecule has 2 aromatic heterocycles. The molecular formula is C16H19N5. The zero-order chi connectivity index (χ0) is 14.8. The molecule has 2 heterocycles. The van der Waals surface area contributed by atoms with Crippen LogP contribution in [0.15, 0.2) is 36.7 Å². The number of hydrogen-bond donors (Lipinski definition) is 1. The van der Waals surface area contributed by atoms with Gasteiger partial charge in [-0.2, -0.15) is 0 Å². The summed E-state index contributed by atoms with van der Waals surface area (Å²) in [5.41, 5.74) is 2.01. The molecule has 0 saturated heterocycles. The standard InChI is InChI=1S/C16H19N5/c1-4-17-14-9-15(20-16(19-14)11(2)3)21-10-18-12-7-5-6-8-13(12)21/h5-11H,4H2,1-3H3,(H,17,19,20). The normalized spacial score (nSPS) is 11.2. The average Bonchev–Trinajstić information content (AvgIpc) is 2.91. The van der Waals surface area contributed by atoms with Crippen molar-refractivity contribution in [3.8, 4) is 5.82 Å². The topological polar surface area (TPSA) is 55.6 Å². The van der Waals surface area contributed by atoms with Crippen LogP contribution in [0, 0.1) is 0 Å². The van der Waals surface area contributed by atoms with Crippen molar-refractivity contribution in [1.82, 2.24) is 19.5 Å². The number of nitrogens with zero attached hydrogens (tertiary/aromatic N) is 4. The first-order valence-corrected chi connectivity index (χ1v) is 7.24. The molecule has 3 aromatic rings. The van der Waals surface area contributed by atoms with Crippen LogP contribution in [0.4, 0.5) is 5.82 Å². The Bertz CT molecular complexity index is 760. The molecule has 0 amide bonds. The summed E-state index contributed by atoms with van der Waals surface area (Å²) in [6.45, 7) is 7.09. The summed E-state index contributed by atoms with van der Waals surface area (Å²) in [4.78, 5) is 13.7. The van der Waals surface area contributed by atoms with Gasteiger partial charge in [-0.1, -0.05) is 26.0 Å². The minimum atomic E-state index is 0.275. The van der Waals surface area contributed by atoms with E-state index in [1.165, 1.54) is 0 Å². The molecule has 108 valence electrons. The minimum absolute atomic E-state index is 0.275. The highest BCUT2D eigenvalue weighted by atomic mass is 15.1. The Morgan fingerprint density at radius 2 is 2.00 bits per heavy atom. The lowest BCUT2D eigenvalue weighted by atomic mass is 10.2. The zero-order valence-electron chi connectivity index (χ0n) is 12.5. The maximum Gasteiger partial charge on any atom is 0.144 e. The van der Waals surface area contributed by atoms with Crippen molar-refractivity contribution in [2.24, 2.45) is 0 Å². The van der Waals surface area contributed by atoms with Gasteiger partial charge in [0.15, 0.2) is 0 Å². The van der Waals surface area contributed by atoms with Crippen LogP contribution in [0.1, 0.15) is 32.5 Å². The van der Waals surface area contributed by atoms with Gasteiger partial charge in [0.1, 0.15) is 23.8 Å². The number of anilines is 1. The summed E-state index contributed by atoms with van der Waals surface area (Å²) in [6, 6.07) is 10.0.